The summed E-state index contributed by atoms with van der Waals surface area (Å²) in [6.07, 6.45) is 11.9. The quantitative estimate of drug-likeness (QED) is 0.626. The SMILES string of the molecule is CC1=CCCC(C)(O)C2CC(CCC(C)=CCC1)C(C)(C)O2. The molecule has 0 amide bonds. The summed E-state index contributed by atoms with van der Waals surface area (Å²) in [6.45, 7) is 10.8. The molecule has 0 spiro atoms. The highest BCUT2D eigenvalue weighted by Gasteiger charge is 2.47. The van der Waals surface area contributed by atoms with Crippen LogP contribution in [0, 0.1) is 5.92 Å². The Bertz CT molecular complexity index is 443. The van der Waals surface area contributed by atoms with Crippen LogP contribution in [-0.2, 0) is 4.74 Å². The fourth-order valence-corrected chi connectivity index (χ4v) is 3.82. The van der Waals surface area contributed by atoms with Crippen molar-refractivity contribution < 1.29 is 9.84 Å². The highest BCUT2D eigenvalue weighted by atomic mass is 16.5. The van der Waals surface area contributed by atoms with Crippen molar-refractivity contribution in [3.8, 4) is 0 Å². The standard InChI is InChI=1S/C20H34O2/c1-15-8-6-9-16(2)11-12-17-14-18(22-19(17,3)4)20(5,21)13-7-10-15/h9-10,17-18,21H,6-8,11-14H2,1-5H3. The molecule has 1 saturated heterocycles. The molecule has 22 heavy (non-hydrogen) atoms. The summed E-state index contributed by atoms with van der Waals surface area (Å²) >= 11 is 0. The molecular weight excluding hydrogens is 272 g/mol. The molecule has 1 heterocycles. The Morgan fingerprint density at radius 1 is 1.05 bits per heavy atom. The normalized spacial score (nSPS) is 37.2. The lowest BCUT2D eigenvalue weighted by atomic mass is 9.81. The van der Waals surface area contributed by atoms with Crippen LogP contribution in [-0.4, -0.2) is 22.4 Å². The van der Waals surface area contributed by atoms with Crippen molar-refractivity contribution in [1.82, 2.24) is 0 Å². The average Bonchev–Trinajstić information content (AvgIpc) is 2.71. The molecule has 0 radical (unpaired) electrons. The maximum Gasteiger partial charge on any atom is 0.0883 e. The third-order valence-electron chi connectivity index (χ3n) is 5.68. The summed E-state index contributed by atoms with van der Waals surface area (Å²) in [5.74, 6) is 0.535. The lowest BCUT2D eigenvalue weighted by Gasteiger charge is -2.31. The predicted molar refractivity (Wildman–Crippen MR) is 92.9 cm³/mol. The zero-order valence-electron chi connectivity index (χ0n) is 15.1. The minimum atomic E-state index is -0.724. The number of rotatable bonds is 0. The zero-order chi connectivity index (χ0) is 16.4. The van der Waals surface area contributed by atoms with Gasteiger partial charge < -0.3 is 9.84 Å². The maximum atomic E-state index is 10.9. The van der Waals surface area contributed by atoms with Gasteiger partial charge in [0.05, 0.1) is 17.3 Å². The number of aliphatic hydroxyl groups is 1. The fourth-order valence-electron chi connectivity index (χ4n) is 3.82. The molecule has 1 aliphatic carbocycles. The van der Waals surface area contributed by atoms with E-state index in [2.05, 4.69) is 39.8 Å². The Balaban J connectivity index is 2.17. The zero-order valence-corrected chi connectivity index (χ0v) is 15.1. The molecule has 0 aromatic heterocycles. The molecular formula is C20H34O2. The summed E-state index contributed by atoms with van der Waals surface area (Å²) in [5, 5.41) is 10.9. The lowest BCUT2D eigenvalue weighted by molar-refractivity contribution is -0.124. The third kappa shape index (κ3) is 4.45. The highest BCUT2D eigenvalue weighted by molar-refractivity contribution is 5.06. The molecule has 2 aliphatic rings. The second kappa shape index (κ2) is 6.88. The first-order valence-corrected chi connectivity index (χ1v) is 8.92. The van der Waals surface area contributed by atoms with Crippen molar-refractivity contribution in [2.45, 2.75) is 96.9 Å². The monoisotopic (exact) mass is 306 g/mol. The van der Waals surface area contributed by atoms with Crippen molar-refractivity contribution >= 4 is 0 Å². The van der Waals surface area contributed by atoms with E-state index < -0.39 is 5.60 Å². The molecule has 1 fully saturated rings. The van der Waals surface area contributed by atoms with Crippen LogP contribution in [0.25, 0.3) is 0 Å². The molecule has 126 valence electrons. The van der Waals surface area contributed by atoms with Crippen LogP contribution < -0.4 is 0 Å². The van der Waals surface area contributed by atoms with Gasteiger partial charge in [-0.05, 0) is 85.5 Å². The van der Waals surface area contributed by atoms with Crippen LogP contribution in [0.15, 0.2) is 23.3 Å². The molecule has 3 unspecified atom stereocenters. The summed E-state index contributed by atoms with van der Waals surface area (Å²) < 4.78 is 6.28. The van der Waals surface area contributed by atoms with Gasteiger partial charge in [0, 0.05) is 0 Å². The molecule has 1 aliphatic heterocycles. The minimum absolute atomic E-state index is 0.0339. The second-order valence-electron chi connectivity index (χ2n) is 8.22. The van der Waals surface area contributed by atoms with Crippen LogP contribution in [0.5, 0.6) is 0 Å². The van der Waals surface area contributed by atoms with Gasteiger partial charge in [-0.25, -0.2) is 0 Å². The molecule has 3 atom stereocenters. The molecule has 0 aromatic rings. The van der Waals surface area contributed by atoms with Crippen LogP contribution >= 0.6 is 0 Å². The molecule has 1 N–H and O–H groups in total. The van der Waals surface area contributed by atoms with E-state index in [1.165, 1.54) is 11.1 Å². The Hall–Kier alpha value is -0.600. The lowest BCUT2D eigenvalue weighted by Crippen LogP contribution is -2.40. The largest absolute Gasteiger partial charge is 0.387 e. The van der Waals surface area contributed by atoms with Gasteiger partial charge in [0.15, 0.2) is 0 Å². The van der Waals surface area contributed by atoms with Gasteiger partial charge in [0.2, 0.25) is 0 Å². The van der Waals surface area contributed by atoms with Crippen molar-refractivity contribution in [2.24, 2.45) is 5.92 Å². The average molecular weight is 306 g/mol. The summed E-state index contributed by atoms with van der Waals surface area (Å²) in [7, 11) is 0. The Morgan fingerprint density at radius 2 is 1.68 bits per heavy atom. The summed E-state index contributed by atoms with van der Waals surface area (Å²) in [5.41, 5.74) is 2.08. The summed E-state index contributed by atoms with van der Waals surface area (Å²) in [6, 6.07) is 0. The fraction of sp³-hybridized carbons (Fsp3) is 0.800. The molecule has 2 bridgehead atoms. The Morgan fingerprint density at radius 3 is 2.41 bits per heavy atom. The van der Waals surface area contributed by atoms with E-state index in [0.717, 1.165) is 44.9 Å². The topological polar surface area (TPSA) is 29.5 Å². The van der Waals surface area contributed by atoms with E-state index in [0.29, 0.717) is 5.92 Å². The highest BCUT2D eigenvalue weighted by Crippen LogP contribution is 2.43. The van der Waals surface area contributed by atoms with E-state index in [1.807, 2.05) is 6.92 Å². The van der Waals surface area contributed by atoms with Crippen LogP contribution in [0.4, 0.5) is 0 Å². The van der Waals surface area contributed by atoms with Crippen molar-refractivity contribution in [2.75, 3.05) is 0 Å². The number of fused-ring (bicyclic) bond motifs is 2. The Labute approximate surface area is 136 Å². The smallest absolute Gasteiger partial charge is 0.0883 e. The van der Waals surface area contributed by atoms with Crippen LogP contribution in [0.2, 0.25) is 0 Å². The van der Waals surface area contributed by atoms with Gasteiger partial charge in [-0.3, -0.25) is 0 Å². The van der Waals surface area contributed by atoms with Gasteiger partial charge >= 0.3 is 0 Å². The first-order chi connectivity index (χ1) is 10.2. The minimum Gasteiger partial charge on any atom is -0.387 e. The van der Waals surface area contributed by atoms with E-state index in [4.69, 9.17) is 4.74 Å². The number of allylic oxidation sites excluding steroid dienone is 4. The number of ether oxygens (including phenoxy) is 1. The van der Waals surface area contributed by atoms with Gasteiger partial charge in [0.25, 0.3) is 0 Å². The molecule has 0 saturated carbocycles. The number of hydrogen-bond acceptors (Lipinski definition) is 2. The van der Waals surface area contributed by atoms with Crippen molar-refractivity contribution in [3.63, 3.8) is 0 Å². The van der Waals surface area contributed by atoms with E-state index in [-0.39, 0.29) is 11.7 Å². The van der Waals surface area contributed by atoms with Crippen molar-refractivity contribution in [1.29, 1.82) is 0 Å². The van der Waals surface area contributed by atoms with Crippen LogP contribution in [0.1, 0.15) is 79.6 Å². The molecule has 2 heteroatoms. The van der Waals surface area contributed by atoms with Crippen LogP contribution in [0.3, 0.4) is 0 Å². The van der Waals surface area contributed by atoms with Crippen molar-refractivity contribution in [3.05, 3.63) is 23.3 Å². The van der Waals surface area contributed by atoms with Gasteiger partial charge in [0.1, 0.15) is 0 Å². The third-order valence-corrected chi connectivity index (χ3v) is 5.68. The maximum absolute atomic E-state index is 10.9. The first kappa shape index (κ1) is 17.7. The summed E-state index contributed by atoms with van der Waals surface area (Å²) in [4.78, 5) is 0. The van der Waals surface area contributed by atoms with Gasteiger partial charge in [-0.1, -0.05) is 23.3 Å². The Kier molecular flexibility index (Phi) is 5.55. The first-order valence-electron chi connectivity index (χ1n) is 8.92. The van der Waals surface area contributed by atoms with E-state index in [9.17, 15) is 5.11 Å². The molecule has 0 aromatic carbocycles. The van der Waals surface area contributed by atoms with E-state index in [1.54, 1.807) is 0 Å². The van der Waals surface area contributed by atoms with Gasteiger partial charge in [-0.15, -0.1) is 0 Å². The molecule has 2 rings (SSSR count). The molecule has 2 nitrogen and oxygen atoms in total. The van der Waals surface area contributed by atoms with E-state index >= 15 is 0 Å². The predicted octanol–water partition coefficient (Wildman–Crippen LogP) is 5.17. The van der Waals surface area contributed by atoms with Gasteiger partial charge in [-0.2, -0.15) is 0 Å². The second-order valence-corrected chi connectivity index (χ2v) is 8.22. The number of hydrogen-bond donors (Lipinski definition) is 1.